The molecule has 2 aromatic heterocycles. The van der Waals surface area contributed by atoms with Gasteiger partial charge in [-0.3, -0.25) is 9.97 Å². The van der Waals surface area contributed by atoms with Crippen molar-refractivity contribution in [3.8, 4) is 11.5 Å². The summed E-state index contributed by atoms with van der Waals surface area (Å²) >= 11 is 10.9. The summed E-state index contributed by atoms with van der Waals surface area (Å²) in [6.07, 6.45) is 9.46. The van der Waals surface area contributed by atoms with Crippen molar-refractivity contribution in [2.45, 2.75) is 12.8 Å². The number of hydrogen-bond donors (Lipinski definition) is 2. The number of halogens is 2. The molecule has 2 heterocycles. The van der Waals surface area contributed by atoms with E-state index in [4.69, 9.17) is 33.4 Å². The lowest BCUT2D eigenvalue weighted by atomic mass is 10.1. The summed E-state index contributed by atoms with van der Waals surface area (Å²) in [6, 6.07) is 10.6. The van der Waals surface area contributed by atoms with Crippen LogP contribution in [0.2, 0.25) is 10.0 Å². The van der Waals surface area contributed by atoms with E-state index >= 15 is 0 Å². The van der Waals surface area contributed by atoms with Gasteiger partial charge in [0.2, 0.25) is 0 Å². The van der Waals surface area contributed by atoms with Crippen molar-refractivity contribution >= 4 is 23.2 Å². The summed E-state index contributed by atoms with van der Waals surface area (Å²) in [5, 5.41) is 18.0. The normalized spacial score (nSPS) is 9.92. The van der Waals surface area contributed by atoms with Crippen molar-refractivity contribution in [3.05, 3.63) is 82.4 Å². The molecule has 0 unspecified atom stereocenters. The van der Waals surface area contributed by atoms with Crippen LogP contribution in [0.4, 0.5) is 0 Å². The fourth-order valence-corrected chi connectivity index (χ4v) is 2.30. The molecule has 0 aliphatic rings. The van der Waals surface area contributed by atoms with E-state index in [1.807, 2.05) is 24.8 Å². The summed E-state index contributed by atoms with van der Waals surface area (Å²) in [4.78, 5) is 7.98. The number of phenols is 2. The van der Waals surface area contributed by atoms with Crippen LogP contribution in [0.1, 0.15) is 11.1 Å². The molecule has 0 saturated heterocycles. The second-order valence-corrected chi connectivity index (χ2v) is 5.78. The van der Waals surface area contributed by atoms with Gasteiger partial charge in [-0.2, -0.15) is 0 Å². The van der Waals surface area contributed by atoms with Crippen LogP contribution in [0.25, 0.3) is 0 Å². The Kier molecular flexibility index (Phi) is 6.85. The zero-order chi connectivity index (χ0) is 17.4. The van der Waals surface area contributed by atoms with E-state index in [2.05, 4.69) is 34.2 Å². The van der Waals surface area contributed by atoms with Crippen LogP contribution in [-0.4, -0.2) is 20.2 Å². The molecular formula is C18H16Cl2N2O2. The lowest BCUT2D eigenvalue weighted by Gasteiger charge is -2.00. The second-order valence-electron chi connectivity index (χ2n) is 4.97. The first-order chi connectivity index (χ1) is 11.6. The Hall–Kier alpha value is -2.30. The first-order valence-corrected chi connectivity index (χ1v) is 7.96. The highest BCUT2D eigenvalue weighted by Gasteiger charge is 2.03. The third kappa shape index (κ3) is 5.72. The number of aromatic hydroxyl groups is 2. The molecule has 2 N–H and O–H groups in total. The quantitative estimate of drug-likeness (QED) is 0.710. The minimum atomic E-state index is -0.177. The highest BCUT2D eigenvalue weighted by atomic mass is 35.5. The fourth-order valence-electron chi connectivity index (χ4n) is 1.91. The summed E-state index contributed by atoms with van der Waals surface area (Å²) < 4.78 is 0. The molecule has 0 atom stereocenters. The molecule has 0 aliphatic heterocycles. The number of nitrogens with zero attached hydrogens (tertiary/aromatic N) is 2. The minimum Gasteiger partial charge on any atom is -0.506 e. The molecule has 1 aromatic carbocycles. The molecule has 0 spiro atoms. The lowest BCUT2D eigenvalue weighted by molar-refractivity contribution is 0.451. The van der Waals surface area contributed by atoms with Crippen LogP contribution >= 0.6 is 23.2 Å². The van der Waals surface area contributed by atoms with Crippen molar-refractivity contribution in [3.63, 3.8) is 0 Å². The van der Waals surface area contributed by atoms with Crippen molar-refractivity contribution in [1.82, 2.24) is 9.97 Å². The first-order valence-electron chi connectivity index (χ1n) is 7.21. The van der Waals surface area contributed by atoms with Crippen LogP contribution in [0.5, 0.6) is 11.5 Å². The Bertz CT molecular complexity index is 679. The number of rotatable bonds is 3. The highest BCUT2D eigenvalue weighted by molar-refractivity contribution is 6.36. The SMILES string of the molecule is Oc1cc(O)c(Cl)cc1Cl.c1cc(CCc2ccncc2)ccn1. The molecule has 0 amide bonds. The van der Waals surface area contributed by atoms with Crippen LogP contribution in [0.3, 0.4) is 0 Å². The van der Waals surface area contributed by atoms with Gasteiger partial charge in [-0.25, -0.2) is 0 Å². The second kappa shape index (κ2) is 9.11. The van der Waals surface area contributed by atoms with Gasteiger partial charge in [0.25, 0.3) is 0 Å². The van der Waals surface area contributed by atoms with Gasteiger partial charge in [0.1, 0.15) is 11.5 Å². The zero-order valence-electron chi connectivity index (χ0n) is 12.7. The van der Waals surface area contributed by atoms with Gasteiger partial charge in [-0.05, 0) is 54.3 Å². The molecule has 124 valence electrons. The number of aryl methyl sites for hydroxylation is 2. The van der Waals surface area contributed by atoms with Crippen LogP contribution in [-0.2, 0) is 12.8 Å². The van der Waals surface area contributed by atoms with Gasteiger partial charge in [-0.1, -0.05) is 23.2 Å². The Balaban J connectivity index is 0.000000185. The molecule has 24 heavy (non-hydrogen) atoms. The van der Waals surface area contributed by atoms with Crippen LogP contribution in [0, 0.1) is 0 Å². The summed E-state index contributed by atoms with van der Waals surface area (Å²) in [6.45, 7) is 0. The maximum Gasteiger partial charge on any atom is 0.137 e. The average Bonchev–Trinajstić information content (AvgIpc) is 2.61. The largest absolute Gasteiger partial charge is 0.506 e. The molecule has 0 bridgehead atoms. The highest BCUT2D eigenvalue weighted by Crippen LogP contribution is 2.33. The van der Waals surface area contributed by atoms with E-state index < -0.39 is 0 Å². The Morgan fingerprint density at radius 2 is 1.04 bits per heavy atom. The Labute approximate surface area is 150 Å². The molecule has 0 fully saturated rings. The topological polar surface area (TPSA) is 66.2 Å². The predicted octanol–water partition coefficient (Wildman–Crippen LogP) is 4.67. The monoisotopic (exact) mass is 362 g/mol. The molecule has 4 nitrogen and oxygen atoms in total. The maximum atomic E-state index is 8.87. The third-order valence-corrected chi connectivity index (χ3v) is 3.82. The van der Waals surface area contributed by atoms with E-state index in [0.717, 1.165) is 18.9 Å². The van der Waals surface area contributed by atoms with Gasteiger partial charge in [0.15, 0.2) is 0 Å². The van der Waals surface area contributed by atoms with Gasteiger partial charge in [0.05, 0.1) is 10.0 Å². The third-order valence-electron chi connectivity index (χ3n) is 3.22. The molecule has 3 aromatic rings. The number of hydrogen-bond acceptors (Lipinski definition) is 4. The van der Waals surface area contributed by atoms with Crippen LogP contribution < -0.4 is 0 Å². The lowest BCUT2D eigenvalue weighted by Crippen LogP contribution is -1.91. The number of phenolic OH excluding ortho intramolecular Hbond substituents is 2. The fraction of sp³-hybridized carbons (Fsp3) is 0.111. The summed E-state index contributed by atoms with van der Waals surface area (Å²) in [7, 11) is 0. The van der Waals surface area contributed by atoms with E-state index in [1.165, 1.54) is 17.2 Å². The van der Waals surface area contributed by atoms with Gasteiger partial charge in [-0.15, -0.1) is 0 Å². The predicted molar refractivity (Wildman–Crippen MR) is 95.7 cm³/mol. The van der Waals surface area contributed by atoms with Gasteiger partial charge >= 0.3 is 0 Å². The molecule has 0 aliphatic carbocycles. The van der Waals surface area contributed by atoms with E-state index in [0.29, 0.717) is 0 Å². The summed E-state index contributed by atoms with van der Waals surface area (Å²) in [5.74, 6) is -0.355. The first kappa shape index (κ1) is 18.0. The molecule has 6 heteroatoms. The zero-order valence-corrected chi connectivity index (χ0v) is 14.2. The van der Waals surface area contributed by atoms with E-state index in [-0.39, 0.29) is 21.5 Å². The Morgan fingerprint density at radius 1 is 0.667 bits per heavy atom. The Morgan fingerprint density at radius 3 is 1.38 bits per heavy atom. The van der Waals surface area contributed by atoms with Crippen molar-refractivity contribution in [1.29, 1.82) is 0 Å². The number of aromatic nitrogens is 2. The van der Waals surface area contributed by atoms with Crippen LogP contribution in [0.15, 0.2) is 61.2 Å². The molecular weight excluding hydrogens is 347 g/mol. The van der Waals surface area contributed by atoms with E-state index in [1.54, 1.807) is 0 Å². The molecule has 0 radical (unpaired) electrons. The summed E-state index contributed by atoms with van der Waals surface area (Å²) in [5.41, 5.74) is 2.66. The van der Waals surface area contributed by atoms with Crippen molar-refractivity contribution in [2.75, 3.05) is 0 Å². The van der Waals surface area contributed by atoms with Crippen molar-refractivity contribution < 1.29 is 10.2 Å². The maximum absolute atomic E-state index is 8.87. The molecule has 0 saturated carbocycles. The van der Waals surface area contributed by atoms with Gasteiger partial charge < -0.3 is 10.2 Å². The van der Waals surface area contributed by atoms with Crippen molar-refractivity contribution in [2.24, 2.45) is 0 Å². The average molecular weight is 363 g/mol. The molecule has 3 rings (SSSR count). The standard InChI is InChI=1S/C12H12N2.C6H4Cl2O2/c1(11-3-7-13-8-4-11)2-12-5-9-14-10-6-12;7-3-1-4(8)6(10)2-5(3)9/h3-10H,1-2H2;1-2,9-10H. The smallest absolute Gasteiger partial charge is 0.137 e. The van der Waals surface area contributed by atoms with E-state index in [9.17, 15) is 0 Å². The number of benzene rings is 1. The minimum absolute atomic E-state index is 0.128. The number of pyridine rings is 2. The van der Waals surface area contributed by atoms with Gasteiger partial charge in [0, 0.05) is 30.9 Å².